The normalized spacial score (nSPS) is 11.0. The molecule has 3 aromatic rings. The number of aliphatic imine (C=N–C) groups is 1. The van der Waals surface area contributed by atoms with Crippen LogP contribution in [0, 0.1) is 0 Å². The van der Waals surface area contributed by atoms with Crippen LogP contribution in [0.25, 0.3) is 11.6 Å². The minimum absolute atomic E-state index is 0. The first-order valence-electron chi connectivity index (χ1n) is 8.31. The Morgan fingerprint density at radius 1 is 1.22 bits per heavy atom. The zero-order chi connectivity index (χ0) is 18.2. The number of nitrogens with one attached hydrogen (secondary N) is 3. The van der Waals surface area contributed by atoms with Crippen molar-refractivity contribution in [1.82, 2.24) is 25.8 Å². The summed E-state index contributed by atoms with van der Waals surface area (Å²) in [6, 6.07) is 11.6. The Morgan fingerprint density at radius 2 is 2.04 bits per heavy atom. The fourth-order valence-corrected chi connectivity index (χ4v) is 2.37. The second kappa shape index (κ2) is 10.6. The molecule has 0 aliphatic carbocycles. The molecule has 2 aromatic heterocycles. The number of aromatic amines is 1. The lowest BCUT2D eigenvalue weighted by atomic mass is 10.2. The summed E-state index contributed by atoms with van der Waals surface area (Å²) in [4.78, 5) is 8.64. The number of furan rings is 1. The molecule has 0 aliphatic rings. The van der Waals surface area contributed by atoms with Crippen molar-refractivity contribution in [2.45, 2.75) is 13.0 Å². The first kappa shape index (κ1) is 20.7. The molecular formula is C18H23IN6O2. The maximum atomic E-state index is 5.28. The number of guanidine groups is 1. The maximum absolute atomic E-state index is 5.28. The lowest BCUT2D eigenvalue weighted by Gasteiger charge is -2.11. The van der Waals surface area contributed by atoms with E-state index in [0.717, 1.165) is 23.1 Å². The minimum atomic E-state index is 0. The zero-order valence-corrected chi connectivity index (χ0v) is 17.6. The monoisotopic (exact) mass is 482 g/mol. The van der Waals surface area contributed by atoms with Crippen molar-refractivity contribution in [2.75, 3.05) is 20.7 Å². The van der Waals surface area contributed by atoms with Crippen LogP contribution in [0.5, 0.6) is 5.75 Å². The molecule has 144 valence electrons. The second-order valence-corrected chi connectivity index (χ2v) is 5.53. The van der Waals surface area contributed by atoms with Crippen molar-refractivity contribution < 1.29 is 9.15 Å². The molecule has 0 fully saturated rings. The summed E-state index contributed by atoms with van der Waals surface area (Å²) in [7, 11) is 3.40. The van der Waals surface area contributed by atoms with Crippen LogP contribution in [0.3, 0.4) is 0 Å². The van der Waals surface area contributed by atoms with Gasteiger partial charge in [0.1, 0.15) is 11.6 Å². The van der Waals surface area contributed by atoms with Gasteiger partial charge < -0.3 is 19.8 Å². The molecule has 3 rings (SSSR count). The van der Waals surface area contributed by atoms with E-state index < -0.39 is 0 Å². The van der Waals surface area contributed by atoms with E-state index in [1.807, 2.05) is 36.4 Å². The summed E-state index contributed by atoms with van der Waals surface area (Å²) in [5.74, 6) is 3.57. The topological polar surface area (TPSA) is 100 Å². The highest BCUT2D eigenvalue weighted by Gasteiger charge is 2.08. The Kier molecular flexibility index (Phi) is 8.11. The number of methoxy groups -OCH3 is 1. The van der Waals surface area contributed by atoms with E-state index in [9.17, 15) is 0 Å². The standard InChI is InChI=1S/C18H22N6O2.HI/c1-19-18(21-12-13-5-7-14(25-2)8-6-13)20-10-9-16-22-17(24-23-16)15-4-3-11-26-15;/h3-8,11H,9-10,12H2,1-2H3,(H2,19,20,21)(H,22,23,24);1H. The highest BCUT2D eigenvalue weighted by molar-refractivity contribution is 14.0. The lowest BCUT2D eigenvalue weighted by molar-refractivity contribution is 0.414. The molecule has 0 saturated carbocycles. The number of nitrogens with zero attached hydrogens (tertiary/aromatic N) is 3. The predicted molar refractivity (Wildman–Crippen MR) is 114 cm³/mol. The van der Waals surface area contributed by atoms with Crippen LogP contribution in [0.4, 0.5) is 0 Å². The number of halogens is 1. The summed E-state index contributed by atoms with van der Waals surface area (Å²) in [5.41, 5.74) is 1.15. The molecule has 2 heterocycles. The van der Waals surface area contributed by atoms with E-state index in [0.29, 0.717) is 31.1 Å². The first-order valence-corrected chi connectivity index (χ1v) is 8.31. The molecule has 0 unspecified atom stereocenters. The Bertz CT molecular complexity index is 830. The molecule has 0 saturated heterocycles. The minimum Gasteiger partial charge on any atom is -0.497 e. The average Bonchev–Trinajstić information content (AvgIpc) is 3.36. The Balaban J connectivity index is 0.00000261. The molecule has 0 bridgehead atoms. The Hall–Kier alpha value is -2.56. The summed E-state index contributed by atoms with van der Waals surface area (Å²) < 4.78 is 10.4. The molecule has 27 heavy (non-hydrogen) atoms. The number of hydrogen-bond donors (Lipinski definition) is 3. The van der Waals surface area contributed by atoms with E-state index in [1.54, 1.807) is 20.4 Å². The predicted octanol–water partition coefficient (Wildman–Crippen LogP) is 2.60. The summed E-state index contributed by atoms with van der Waals surface area (Å²) in [6.45, 7) is 1.35. The third kappa shape index (κ3) is 5.98. The number of aromatic nitrogens is 3. The van der Waals surface area contributed by atoms with Gasteiger partial charge in [0, 0.05) is 26.6 Å². The van der Waals surface area contributed by atoms with Gasteiger partial charge in [-0.2, -0.15) is 5.10 Å². The van der Waals surface area contributed by atoms with E-state index >= 15 is 0 Å². The van der Waals surface area contributed by atoms with Crippen molar-refractivity contribution in [3.05, 3.63) is 54.0 Å². The van der Waals surface area contributed by atoms with E-state index in [4.69, 9.17) is 9.15 Å². The average molecular weight is 482 g/mol. The molecule has 0 atom stereocenters. The fourth-order valence-electron chi connectivity index (χ4n) is 2.37. The van der Waals surface area contributed by atoms with E-state index in [2.05, 4.69) is 30.8 Å². The maximum Gasteiger partial charge on any atom is 0.216 e. The van der Waals surface area contributed by atoms with Gasteiger partial charge in [0.2, 0.25) is 5.82 Å². The lowest BCUT2D eigenvalue weighted by Crippen LogP contribution is -2.37. The van der Waals surface area contributed by atoms with Gasteiger partial charge in [-0.05, 0) is 29.8 Å². The molecule has 0 spiro atoms. The first-order chi connectivity index (χ1) is 12.8. The molecule has 0 radical (unpaired) electrons. The summed E-state index contributed by atoms with van der Waals surface area (Å²) >= 11 is 0. The van der Waals surface area contributed by atoms with Gasteiger partial charge >= 0.3 is 0 Å². The molecule has 3 N–H and O–H groups in total. The van der Waals surface area contributed by atoms with Gasteiger partial charge in [0.05, 0.1) is 13.4 Å². The van der Waals surface area contributed by atoms with Gasteiger partial charge in [0.15, 0.2) is 11.7 Å². The molecule has 8 nitrogen and oxygen atoms in total. The third-order valence-corrected chi connectivity index (χ3v) is 3.77. The largest absolute Gasteiger partial charge is 0.497 e. The van der Waals surface area contributed by atoms with E-state index in [1.165, 1.54) is 0 Å². The van der Waals surface area contributed by atoms with Crippen LogP contribution in [0.15, 0.2) is 52.1 Å². The highest BCUT2D eigenvalue weighted by Crippen LogP contribution is 2.14. The van der Waals surface area contributed by atoms with Crippen molar-refractivity contribution in [3.63, 3.8) is 0 Å². The third-order valence-electron chi connectivity index (χ3n) is 3.77. The Labute approximate surface area is 174 Å². The number of ether oxygens (including phenoxy) is 1. The van der Waals surface area contributed by atoms with Crippen molar-refractivity contribution in [1.29, 1.82) is 0 Å². The van der Waals surface area contributed by atoms with Crippen LogP contribution in [-0.4, -0.2) is 41.8 Å². The van der Waals surface area contributed by atoms with Crippen molar-refractivity contribution in [3.8, 4) is 17.3 Å². The number of H-pyrrole nitrogens is 1. The van der Waals surface area contributed by atoms with Crippen LogP contribution in [0.1, 0.15) is 11.4 Å². The van der Waals surface area contributed by atoms with Crippen molar-refractivity contribution in [2.24, 2.45) is 4.99 Å². The molecule has 1 aromatic carbocycles. The van der Waals surface area contributed by atoms with Gasteiger partial charge in [-0.3, -0.25) is 10.1 Å². The van der Waals surface area contributed by atoms with Crippen LogP contribution in [0.2, 0.25) is 0 Å². The summed E-state index contributed by atoms with van der Waals surface area (Å²) in [5, 5.41) is 13.6. The summed E-state index contributed by atoms with van der Waals surface area (Å²) in [6.07, 6.45) is 2.29. The number of rotatable bonds is 7. The second-order valence-electron chi connectivity index (χ2n) is 5.53. The van der Waals surface area contributed by atoms with Gasteiger partial charge in [-0.25, -0.2) is 4.98 Å². The van der Waals surface area contributed by atoms with Gasteiger partial charge in [0.25, 0.3) is 0 Å². The van der Waals surface area contributed by atoms with Gasteiger partial charge in [-0.15, -0.1) is 24.0 Å². The molecular weight excluding hydrogens is 459 g/mol. The van der Waals surface area contributed by atoms with Gasteiger partial charge in [-0.1, -0.05) is 12.1 Å². The zero-order valence-electron chi connectivity index (χ0n) is 15.2. The molecule has 0 amide bonds. The number of hydrogen-bond acceptors (Lipinski definition) is 5. The fraction of sp³-hybridized carbons (Fsp3) is 0.278. The smallest absolute Gasteiger partial charge is 0.216 e. The van der Waals surface area contributed by atoms with Crippen molar-refractivity contribution >= 4 is 29.9 Å². The van der Waals surface area contributed by atoms with E-state index in [-0.39, 0.29) is 24.0 Å². The SMILES string of the molecule is CN=C(NCCc1nc(-c2ccco2)n[nH]1)NCc1ccc(OC)cc1.I. The van der Waals surface area contributed by atoms with Crippen LogP contribution < -0.4 is 15.4 Å². The van der Waals surface area contributed by atoms with Crippen LogP contribution >= 0.6 is 24.0 Å². The molecule has 0 aliphatic heterocycles. The highest BCUT2D eigenvalue weighted by atomic mass is 127. The number of benzene rings is 1. The Morgan fingerprint density at radius 3 is 2.70 bits per heavy atom. The quantitative estimate of drug-likeness (QED) is 0.272. The molecule has 9 heteroatoms. The van der Waals surface area contributed by atoms with Crippen LogP contribution in [-0.2, 0) is 13.0 Å².